The van der Waals surface area contributed by atoms with Crippen LogP contribution < -0.4 is 0 Å². The normalized spacial score (nSPS) is 30.3. The summed E-state index contributed by atoms with van der Waals surface area (Å²) in [5.41, 5.74) is -0.162. The Morgan fingerprint density at radius 2 is 2.05 bits per heavy atom. The number of carbonyl (C=O) groups is 2. The summed E-state index contributed by atoms with van der Waals surface area (Å²) in [6, 6.07) is 0. The van der Waals surface area contributed by atoms with Crippen molar-refractivity contribution in [2.24, 2.45) is 5.92 Å². The highest BCUT2D eigenvalue weighted by Crippen LogP contribution is 2.43. The summed E-state index contributed by atoms with van der Waals surface area (Å²) < 4.78 is 5.13. The number of hydrogen-bond donors (Lipinski definition) is 1. The minimum atomic E-state index is -0.714. The lowest BCUT2D eigenvalue weighted by atomic mass is 9.75. The third-order valence-corrected chi connectivity index (χ3v) is 4.41. The van der Waals surface area contributed by atoms with Gasteiger partial charge >= 0.3 is 12.1 Å². The molecule has 1 heterocycles. The van der Waals surface area contributed by atoms with Crippen LogP contribution >= 0.6 is 0 Å². The molecular weight excluding hydrogens is 246 g/mol. The van der Waals surface area contributed by atoms with Crippen LogP contribution in [-0.4, -0.2) is 40.8 Å². The standard InChI is InChI=1S/C14H21NO4/c1-2-10-19-13(18)15-9-3-6-14(15)7-4-11(5-8-14)12(16)17/h2,11H,1,3-10H2,(H,16,17). The molecule has 5 nitrogen and oxygen atoms in total. The van der Waals surface area contributed by atoms with Gasteiger partial charge in [-0.3, -0.25) is 4.79 Å². The lowest BCUT2D eigenvalue weighted by Crippen LogP contribution is -2.50. The number of amides is 1. The molecule has 0 unspecified atom stereocenters. The van der Waals surface area contributed by atoms with Crippen molar-refractivity contribution in [3.05, 3.63) is 12.7 Å². The van der Waals surface area contributed by atoms with E-state index in [-0.39, 0.29) is 24.2 Å². The van der Waals surface area contributed by atoms with Crippen molar-refractivity contribution >= 4 is 12.1 Å². The van der Waals surface area contributed by atoms with Crippen LogP contribution in [0.5, 0.6) is 0 Å². The molecule has 5 heteroatoms. The Morgan fingerprint density at radius 3 is 2.63 bits per heavy atom. The van der Waals surface area contributed by atoms with Crippen molar-refractivity contribution in [2.45, 2.75) is 44.1 Å². The monoisotopic (exact) mass is 267 g/mol. The number of carboxylic acids is 1. The highest BCUT2D eigenvalue weighted by atomic mass is 16.6. The van der Waals surface area contributed by atoms with E-state index in [0.29, 0.717) is 19.4 Å². The van der Waals surface area contributed by atoms with Gasteiger partial charge < -0.3 is 14.7 Å². The molecule has 1 N–H and O–H groups in total. The maximum Gasteiger partial charge on any atom is 0.410 e. The van der Waals surface area contributed by atoms with Crippen LogP contribution in [0.4, 0.5) is 4.79 Å². The molecular formula is C14H21NO4. The van der Waals surface area contributed by atoms with E-state index < -0.39 is 5.97 Å². The summed E-state index contributed by atoms with van der Waals surface area (Å²) in [7, 11) is 0. The zero-order valence-corrected chi connectivity index (χ0v) is 11.1. The predicted octanol–water partition coefficient (Wildman–Crippen LogP) is 2.42. The van der Waals surface area contributed by atoms with Crippen LogP contribution in [0.25, 0.3) is 0 Å². The number of nitrogens with zero attached hydrogens (tertiary/aromatic N) is 1. The molecule has 2 fully saturated rings. The van der Waals surface area contributed by atoms with Crippen LogP contribution in [-0.2, 0) is 9.53 Å². The number of carboxylic acid groups (broad SMARTS) is 1. The predicted molar refractivity (Wildman–Crippen MR) is 69.8 cm³/mol. The van der Waals surface area contributed by atoms with E-state index in [1.165, 1.54) is 0 Å². The van der Waals surface area contributed by atoms with E-state index in [4.69, 9.17) is 9.84 Å². The Balaban J connectivity index is 2.00. The fraction of sp³-hybridized carbons (Fsp3) is 0.714. The first-order valence-corrected chi connectivity index (χ1v) is 6.87. The van der Waals surface area contributed by atoms with Gasteiger partial charge in [0.25, 0.3) is 0 Å². The van der Waals surface area contributed by atoms with E-state index in [2.05, 4.69) is 6.58 Å². The van der Waals surface area contributed by atoms with E-state index in [1.807, 2.05) is 4.90 Å². The molecule has 0 aromatic heterocycles. The summed E-state index contributed by atoms with van der Waals surface area (Å²) in [5.74, 6) is -0.967. The Kier molecular flexibility index (Phi) is 4.12. The number of carbonyl (C=O) groups excluding carboxylic acids is 1. The van der Waals surface area contributed by atoms with Gasteiger partial charge in [0, 0.05) is 12.1 Å². The minimum absolute atomic E-state index is 0.162. The molecule has 1 aliphatic heterocycles. The van der Waals surface area contributed by atoms with E-state index >= 15 is 0 Å². The van der Waals surface area contributed by atoms with Gasteiger partial charge in [0.15, 0.2) is 0 Å². The van der Waals surface area contributed by atoms with Gasteiger partial charge in [0.2, 0.25) is 0 Å². The highest BCUT2D eigenvalue weighted by Gasteiger charge is 2.47. The van der Waals surface area contributed by atoms with Crippen LogP contribution in [0.3, 0.4) is 0 Å². The van der Waals surface area contributed by atoms with Crippen molar-refractivity contribution in [2.75, 3.05) is 13.2 Å². The number of hydrogen-bond acceptors (Lipinski definition) is 3. The molecule has 0 aromatic carbocycles. The van der Waals surface area contributed by atoms with Gasteiger partial charge in [-0.15, -0.1) is 0 Å². The first-order valence-electron chi connectivity index (χ1n) is 6.87. The van der Waals surface area contributed by atoms with Crippen molar-refractivity contribution < 1.29 is 19.4 Å². The Hall–Kier alpha value is -1.52. The summed E-state index contributed by atoms with van der Waals surface area (Å²) in [6.45, 7) is 4.47. The quantitative estimate of drug-likeness (QED) is 0.797. The summed E-state index contributed by atoms with van der Waals surface area (Å²) in [4.78, 5) is 24.8. The second kappa shape index (κ2) is 5.63. The molecule has 106 valence electrons. The summed E-state index contributed by atoms with van der Waals surface area (Å²) in [6.07, 6.45) is 6.05. The maximum atomic E-state index is 12.0. The summed E-state index contributed by atoms with van der Waals surface area (Å²) >= 11 is 0. The van der Waals surface area contributed by atoms with Gasteiger partial charge in [-0.1, -0.05) is 12.7 Å². The van der Waals surface area contributed by atoms with Crippen molar-refractivity contribution in [1.82, 2.24) is 4.90 Å². The van der Waals surface area contributed by atoms with Crippen molar-refractivity contribution in [3.63, 3.8) is 0 Å². The number of likely N-dealkylation sites (tertiary alicyclic amines) is 1. The second-order valence-electron chi connectivity index (χ2n) is 5.46. The first kappa shape index (κ1) is 13.9. The van der Waals surface area contributed by atoms with E-state index in [0.717, 1.165) is 25.7 Å². The molecule has 0 aromatic rings. The largest absolute Gasteiger partial charge is 0.481 e. The van der Waals surface area contributed by atoms with Crippen LogP contribution in [0.2, 0.25) is 0 Å². The molecule has 0 atom stereocenters. The van der Waals surface area contributed by atoms with E-state index in [9.17, 15) is 9.59 Å². The Morgan fingerprint density at radius 1 is 1.37 bits per heavy atom. The third-order valence-electron chi connectivity index (χ3n) is 4.41. The first-order chi connectivity index (χ1) is 9.09. The van der Waals surface area contributed by atoms with E-state index in [1.54, 1.807) is 6.08 Å². The Labute approximate surface area is 113 Å². The van der Waals surface area contributed by atoms with Gasteiger partial charge in [-0.05, 0) is 38.5 Å². The van der Waals surface area contributed by atoms with Gasteiger partial charge in [-0.2, -0.15) is 0 Å². The lowest BCUT2D eigenvalue weighted by Gasteiger charge is -2.42. The Bertz CT molecular complexity index is 372. The third kappa shape index (κ3) is 2.74. The molecule has 2 aliphatic rings. The topological polar surface area (TPSA) is 66.8 Å². The fourth-order valence-electron chi connectivity index (χ4n) is 3.35. The molecule has 1 aliphatic carbocycles. The number of ether oxygens (including phenoxy) is 1. The number of aliphatic carboxylic acids is 1. The van der Waals surface area contributed by atoms with Gasteiger partial charge in [-0.25, -0.2) is 4.79 Å². The molecule has 1 amide bonds. The molecule has 1 spiro atoms. The molecule has 0 bridgehead atoms. The SMILES string of the molecule is C=CCOC(=O)N1CCCC12CCC(C(=O)O)CC2. The molecule has 1 saturated heterocycles. The zero-order valence-electron chi connectivity index (χ0n) is 11.1. The smallest absolute Gasteiger partial charge is 0.410 e. The van der Waals surface area contributed by atoms with Crippen LogP contribution in [0.15, 0.2) is 12.7 Å². The fourth-order valence-corrected chi connectivity index (χ4v) is 3.35. The zero-order chi connectivity index (χ0) is 13.9. The van der Waals surface area contributed by atoms with Gasteiger partial charge in [0.05, 0.1) is 5.92 Å². The van der Waals surface area contributed by atoms with Crippen molar-refractivity contribution in [1.29, 1.82) is 0 Å². The average Bonchev–Trinajstić information content (AvgIpc) is 2.80. The number of rotatable bonds is 3. The summed E-state index contributed by atoms with van der Waals surface area (Å²) in [5, 5.41) is 9.04. The van der Waals surface area contributed by atoms with Crippen LogP contribution in [0.1, 0.15) is 38.5 Å². The van der Waals surface area contributed by atoms with Gasteiger partial charge in [0.1, 0.15) is 6.61 Å². The van der Waals surface area contributed by atoms with Crippen molar-refractivity contribution in [3.8, 4) is 0 Å². The molecule has 19 heavy (non-hydrogen) atoms. The lowest BCUT2D eigenvalue weighted by molar-refractivity contribution is -0.143. The molecule has 1 saturated carbocycles. The highest BCUT2D eigenvalue weighted by molar-refractivity contribution is 5.71. The minimum Gasteiger partial charge on any atom is -0.481 e. The average molecular weight is 267 g/mol. The van der Waals surface area contributed by atoms with Crippen LogP contribution in [0, 0.1) is 5.92 Å². The maximum absolute atomic E-state index is 12.0. The molecule has 0 radical (unpaired) electrons. The second-order valence-corrected chi connectivity index (χ2v) is 5.46. The molecule has 2 rings (SSSR count).